The van der Waals surface area contributed by atoms with Crippen molar-refractivity contribution in [3.8, 4) is 34.5 Å². The standard InChI is InChI=1S/C38H37BrN2O13S2/c1-17-6-10-20(11-7-17)55(45,46)41-24-14-22-26(35(50-5)33(49-4)19(3)27(22)39)30(41)29-36(31(24)42)53-38(44)28(40-29)23-15-25(32(43)37-34(23)51-16-52-37)54-56(47,48)21-12-8-18(2)9-13-21/h6-13,15,24,28-31,36,40,42-43H,14,16H2,1-5H3/t24?,28-,29-,30?,31-,36-/m1/s1. The monoisotopic (exact) mass is 872 g/mol. The molecule has 18 heteroatoms. The minimum absolute atomic E-state index is 0.0212. The molecule has 2 bridgehead atoms. The Kier molecular flexibility index (Phi) is 9.44. The van der Waals surface area contributed by atoms with Crippen LogP contribution in [0.5, 0.6) is 34.5 Å². The number of sulfonamides is 1. The number of hydrogen-bond donors (Lipinski definition) is 3. The molecule has 4 heterocycles. The minimum atomic E-state index is -4.51. The highest BCUT2D eigenvalue weighted by Crippen LogP contribution is 2.57. The molecule has 2 fully saturated rings. The topological polar surface area (TPSA) is 196 Å². The Bertz CT molecular complexity index is 2500. The van der Waals surface area contributed by atoms with Gasteiger partial charge < -0.3 is 38.1 Å². The summed E-state index contributed by atoms with van der Waals surface area (Å²) in [6.45, 7) is 5.05. The van der Waals surface area contributed by atoms with Gasteiger partial charge in [-0.25, -0.2) is 13.2 Å². The number of methoxy groups -OCH3 is 2. The molecule has 296 valence electrons. The van der Waals surface area contributed by atoms with E-state index in [1.54, 1.807) is 31.2 Å². The quantitative estimate of drug-likeness (QED) is 0.168. The predicted octanol–water partition coefficient (Wildman–Crippen LogP) is 4.25. The average Bonchev–Trinajstić information content (AvgIpc) is 3.67. The maximum Gasteiger partial charge on any atom is 0.339 e. The van der Waals surface area contributed by atoms with Gasteiger partial charge in [-0.1, -0.05) is 51.3 Å². The van der Waals surface area contributed by atoms with E-state index < -0.39 is 74.0 Å². The second-order valence-electron chi connectivity index (χ2n) is 14.0. The van der Waals surface area contributed by atoms with Gasteiger partial charge in [0.15, 0.2) is 23.0 Å². The first-order valence-electron chi connectivity index (χ1n) is 17.4. The minimum Gasteiger partial charge on any atom is -0.502 e. The van der Waals surface area contributed by atoms with Crippen LogP contribution in [-0.4, -0.2) is 82.6 Å². The molecule has 4 aliphatic heterocycles. The number of ether oxygens (including phenoxy) is 5. The van der Waals surface area contributed by atoms with Gasteiger partial charge in [0.2, 0.25) is 28.3 Å². The average molecular weight is 874 g/mol. The number of phenols is 1. The third-order valence-corrected chi connectivity index (χ3v) is 15.0. The number of nitrogens with zero attached hydrogens (tertiary/aromatic N) is 1. The van der Waals surface area contributed by atoms with E-state index in [1.807, 2.05) is 13.8 Å². The van der Waals surface area contributed by atoms with Crippen LogP contribution in [0.15, 0.2) is 68.9 Å². The fraction of sp³-hybridized carbons (Fsp3) is 0.342. The molecule has 3 N–H and O–H groups in total. The van der Waals surface area contributed by atoms with E-state index in [-0.39, 0.29) is 45.8 Å². The van der Waals surface area contributed by atoms with E-state index in [9.17, 15) is 31.8 Å². The zero-order valence-electron chi connectivity index (χ0n) is 30.6. The summed E-state index contributed by atoms with van der Waals surface area (Å²) >= 11 is 3.70. The highest BCUT2D eigenvalue weighted by atomic mass is 79.9. The molecule has 2 unspecified atom stereocenters. The van der Waals surface area contributed by atoms with E-state index >= 15 is 0 Å². The van der Waals surface area contributed by atoms with Crippen molar-refractivity contribution in [1.29, 1.82) is 0 Å². The maximum absolute atomic E-state index is 14.8. The fourth-order valence-electron chi connectivity index (χ4n) is 8.06. The van der Waals surface area contributed by atoms with Crippen molar-refractivity contribution in [2.75, 3.05) is 21.0 Å². The lowest BCUT2D eigenvalue weighted by Gasteiger charge is -2.56. The van der Waals surface area contributed by atoms with Gasteiger partial charge in [0.05, 0.1) is 37.2 Å². The second-order valence-corrected chi connectivity index (χ2v) is 18.2. The van der Waals surface area contributed by atoms with E-state index in [0.717, 1.165) is 17.2 Å². The summed E-state index contributed by atoms with van der Waals surface area (Å²) in [5.41, 5.74) is 3.38. The van der Waals surface area contributed by atoms with Gasteiger partial charge in [-0.15, -0.1) is 0 Å². The first-order chi connectivity index (χ1) is 26.6. The molecule has 6 atom stereocenters. The number of fused-ring (bicyclic) bond motifs is 7. The molecule has 15 nitrogen and oxygen atoms in total. The van der Waals surface area contributed by atoms with Gasteiger partial charge in [0.25, 0.3) is 0 Å². The van der Waals surface area contributed by atoms with Gasteiger partial charge in [-0.3, -0.25) is 5.32 Å². The number of halogens is 1. The van der Waals surface area contributed by atoms with Crippen molar-refractivity contribution in [3.63, 3.8) is 0 Å². The zero-order valence-corrected chi connectivity index (χ0v) is 33.8. The Morgan fingerprint density at radius 1 is 0.893 bits per heavy atom. The number of aryl methyl sites for hydroxylation is 2. The molecule has 8 rings (SSSR count). The number of aliphatic hydroxyl groups excluding tert-OH is 1. The van der Waals surface area contributed by atoms with Gasteiger partial charge >= 0.3 is 16.1 Å². The number of piperidine rings is 1. The Hall–Kier alpha value is -4.59. The highest BCUT2D eigenvalue weighted by molar-refractivity contribution is 9.10. The molecule has 0 spiro atoms. The number of hydrogen-bond acceptors (Lipinski definition) is 14. The third-order valence-electron chi connectivity index (χ3n) is 10.7. The Morgan fingerprint density at radius 3 is 2.12 bits per heavy atom. The van der Waals surface area contributed by atoms with Crippen LogP contribution in [0.2, 0.25) is 0 Å². The normalized spacial score (nSPS) is 24.2. The van der Waals surface area contributed by atoms with Crippen LogP contribution in [-0.2, 0) is 36.1 Å². The molecular formula is C38H37BrN2O13S2. The van der Waals surface area contributed by atoms with Gasteiger partial charge in [0.1, 0.15) is 23.1 Å². The number of morpholine rings is 1. The van der Waals surface area contributed by atoms with Crippen molar-refractivity contribution in [1.82, 2.24) is 9.62 Å². The first kappa shape index (κ1) is 38.3. The Balaban J connectivity index is 1.29. The number of aromatic hydroxyl groups is 1. The number of esters is 1. The van der Waals surface area contributed by atoms with Gasteiger partial charge in [-0.05, 0) is 63.1 Å². The number of nitrogens with one attached hydrogen (secondary N) is 1. The smallest absolute Gasteiger partial charge is 0.339 e. The van der Waals surface area contributed by atoms with Crippen LogP contribution < -0.4 is 28.4 Å². The van der Waals surface area contributed by atoms with Crippen molar-refractivity contribution >= 4 is 42.0 Å². The number of aliphatic hydroxyl groups is 1. The molecule has 0 amide bonds. The summed E-state index contributed by atoms with van der Waals surface area (Å²) in [6.07, 6.45) is -2.77. The third kappa shape index (κ3) is 5.87. The summed E-state index contributed by atoms with van der Waals surface area (Å²) in [6, 6.07) is 8.37. The van der Waals surface area contributed by atoms with Crippen LogP contribution in [0.4, 0.5) is 0 Å². The molecule has 4 aliphatic rings. The fourth-order valence-corrected chi connectivity index (χ4v) is 11.4. The zero-order chi connectivity index (χ0) is 40.0. The number of rotatable bonds is 8. The van der Waals surface area contributed by atoms with Crippen molar-refractivity contribution in [2.45, 2.75) is 73.4 Å². The molecule has 4 aromatic carbocycles. The van der Waals surface area contributed by atoms with Gasteiger partial charge in [0, 0.05) is 21.2 Å². The number of phenolic OH excluding ortho intramolecular Hbond substituents is 1. The van der Waals surface area contributed by atoms with E-state index in [1.165, 1.54) is 42.8 Å². The van der Waals surface area contributed by atoms with E-state index in [4.69, 9.17) is 27.9 Å². The lowest BCUT2D eigenvalue weighted by Crippen LogP contribution is -2.72. The van der Waals surface area contributed by atoms with Crippen LogP contribution in [0, 0.1) is 20.8 Å². The summed E-state index contributed by atoms with van der Waals surface area (Å²) in [5, 5.41) is 26.4. The van der Waals surface area contributed by atoms with Crippen molar-refractivity contribution < 1.29 is 59.7 Å². The molecule has 56 heavy (non-hydrogen) atoms. The molecule has 2 saturated heterocycles. The van der Waals surface area contributed by atoms with Crippen LogP contribution in [0.1, 0.15) is 45.5 Å². The van der Waals surface area contributed by atoms with E-state index in [0.29, 0.717) is 26.9 Å². The lowest BCUT2D eigenvalue weighted by atomic mass is 9.74. The molecule has 0 aromatic heterocycles. The first-order valence-corrected chi connectivity index (χ1v) is 21.1. The molecule has 0 radical (unpaired) electrons. The molecular weight excluding hydrogens is 836 g/mol. The maximum atomic E-state index is 14.8. The lowest BCUT2D eigenvalue weighted by molar-refractivity contribution is -0.184. The predicted molar refractivity (Wildman–Crippen MR) is 201 cm³/mol. The molecule has 0 saturated carbocycles. The van der Waals surface area contributed by atoms with Crippen molar-refractivity contribution in [2.24, 2.45) is 0 Å². The number of carbonyl (C=O) groups excluding carboxylic acids is 1. The number of carbonyl (C=O) groups is 1. The summed E-state index contributed by atoms with van der Waals surface area (Å²) in [5.74, 6) is -1.95. The molecule has 0 aliphatic carbocycles. The molecule has 4 aromatic rings. The van der Waals surface area contributed by atoms with Crippen molar-refractivity contribution in [3.05, 3.63) is 92.5 Å². The van der Waals surface area contributed by atoms with Crippen LogP contribution in [0.25, 0.3) is 0 Å². The van der Waals surface area contributed by atoms with Gasteiger partial charge in [-0.2, -0.15) is 12.7 Å². The second kappa shape index (κ2) is 13.8. The van der Waals surface area contributed by atoms with E-state index in [2.05, 4.69) is 21.2 Å². The van der Waals surface area contributed by atoms with Crippen LogP contribution in [0.3, 0.4) is 0 Å². The largest absolute Gasteiger partial charge is 0.502 e. The Labute approximate surface area is 331 Å². The SMILES string of the molecule is COc1c(C)c(Br)c2c(c1OC)C1[C@H]3N[C@H](c4cc(OS(=O)(=O)c5ccc(C)cc5)c(O)c5c4OCO5)C(=O)O[C@H]3[C@H](O)C(C2)N1S(=O)(=O)c1ccc(C)cc1. The summed E-state index contributed by atoms with van der Waals surface area (Å²) < 4.78 is 92.7. The number of benzene rings is 4. The summed E-state index contributed by atoms with van der Waals surface area (Å²) in [4.78, 5) is 13.8. The Morgan fingerprint density at radius 2 is 1.50 bits per heavy atom. The summed E-state index contributed by atoms with van der Waals surface area (Å²) in [7, 11) is -5.99. The van der Waals surface area contributed by atoms with Crippen LogP contribution >= 0.6 is 15.9 Å². The highest BCUT2D eigenvalue weighted by Gasteiger charge is 2.62.